The number of carbonyl (C=O) groups is 2. The summed E-state index contributed by atoms with van der Waals surface area (Å²) in [6.45, 7) is 2.32. The first-order chi connectivity index (χ1) is 15.6. The molecule has 0 unspecified atom stereocenters. The number of thiazole rings is 2. The summed E-state index contributed by atoms with van der Waals surface area (Å²) in [6.07, 6.45) is 0. The maximum Gasteiger partial charge on any atom is 0.350 e. The van der Waals surface area contributed by atoms with Crippen molar-refractivity contribution in [2.45, 2.75) is 13.5 Å². The van der Waals surface area contributed by atoms with Gasteiger partial charge in [-0.1, -0.05) is 47.7 Å². The largest absolute Gasteiger partial charge is 0.487 e. The number of nitrogens with one attached hydrogen (secondary N) is 1. The van der Waals surface area contributed by atoms with Crippen LogP contribution in [-0.2, 0) is 11.3 Å². The first-order valence-corrected chi connectivity index (χ1v) is 11.5. The van der Waals surface area contributed by atoms with Gasteiger partial charge >= 0.3 is 5.97 Å². The van der Waals surface area contributed by atoms with Gasteiger partial charge in [0.2, 0.25) is 0 Å². The molecule has 4 aromatic rings. The van der Waals surface area contributed by atoms with Crippen LogP contribution in [0.4, 0.5) is 5.13 Å². The molecule has 0 aliphatic heterocycles. The minimum Gasteiger partial charge on any atom is -0.487 e. The van der Waals surface area contributed by atoms with E-state index in [1.807, 2.05) is 35.7 Å². The van der Waals surface area contributed by atoms with Gasteiger partial charge in [-0.2, -0.15) is 0 Å². The standard InChI is InChI=1S/C23H19N3O4S2/c1-2-29-22(28)20-19(15-7-4-3-5-8-15)25-23(32-20)26-21(27)16-9-6-10-18(11-16)30-12-17-13-31-14-24-17/h3-11,13-14H,2,12H2,1H3,(H,25,26,27). The van der Waals surface area contributed by atoms with Crippen molar-refractivity contribution in [3.05, 3.63) is 81.6 Å². The highest BCUT2D eigenvalue weighted by atomic mass is 32.1. The van der Waals surface area contributed by atoms with Gasteiger partial charge in [0, 0.05) is 16.5 Å². The van der Waals surface area contributed by atoms with E-state index in [1.165, 1.54) is 11.3 Å². The molecule has 0 fully saturated rings. The second kappa shape index (κ2) is 10.2. The smallest absolute Gasteiger partial charge is 0.350 e. The van der Waals surface area contributed by atoms with Crippen molar-refractivity contribution in [3.8, 4) is 17.0 Å². The lowest BCUT2D eigenvalue weighted by Gasteiger charge is -2.07. The van der Waals surface area contributed by atoms with Crippen LogP contribution in [0.3, 0.4) is 0 Å². The molecule has 32 heavy (non-hydrogen) atoms. The average molecular weight is 466 g/mol. The zero-order chi connectivity index (χ0) is 22.3. The molecule has 9 heteroatoms. The van der Waals surface area contributed by atoms with Crippen molar-refractivity contribution in [2.24, 2.45) is 0 Å². The minimum absolute atomic E-state index is 0.250. The first-order valence-electron chi connectivity index (χ1n) is 9.78. The van der Waals surface area contributed by atoms with Crippen molar-refractivity contribution >= 4 is 39.7 Å². The summed E-state index contributed by atoms with van der Waals surface area (Å²) < 4.78 is 10.9. The molecule has 4 rings (SSSR count). The van der Waals surface area contributed by atoms with Crippen LogP contribution in [0.25, 0.3) is 11.3 Å². The summed E-state index contributed by atoms with van der Waals surface area (Å²) in [5.74, 6) is -0.267. The van der Waals surface area contributed by atoms with E-state index in [0.29, 0.717) is 33.6 Å². The molecule has 1 N–H and O–H groups in total. The van der Waals surface area contributed by atoms with Gasteiger partial charge in [0.25, 0.3) is 5.91 Å². The Kier molecular flexibility index (Phi) is 6.88. The van der Waals surface area contributed by atoms with Gasteiger partial charge in [0.15, 0.2) is 5.13 Å². The normalized spacial score (nSPS) is 10.5. The molecule has 0 saturated carbocycles. The number of hydrogen-bond donors (Lipinski definition) is 1. The van der Waals surface area contributed by atoms with Gasteiger partial charge in [-0.15, -0.1) is 11.3 Å². The fraction of sp³-hybridized carbons (Fsp3) is 0.130. The number of carbonyl (C=O) groups excluding carboxylic acids is 2. The molecule has 0 aliphatic rings. The molecule has 0 spiro atoms. The maximum atomic E-state index is 12.8. The molecule has 162 valence electrons. The van der Waals surface area contributed by atoms with Gasteiger partial charge in [-0.25, -0.2) is 14.8 Å². The summed E-state index contributed by atoms with van der Waals surface area (Å²) in [6, 6.07) is 16.2. The molecule has 1 amide bonds. The van der Waals surface area contributed by atoms with Crippen molar-refractivity contribution < 1.29 is 19.1 Å². The van der Waals surface area contributed by atoms with Gasteiger partial charge in [0.05, 0.1) is 23.5 Å². The molecule has 2 aromatic heterocycles. The molecule has 2 heterocycles. The Morgan fingerprint density at radius 1 is 1.09 bits per heavy atom. The Bertz CT molecular complexity index is 1210. The third kappa shape index (κ3) is 5.19. The Hall–Kier alpha value is -3.56. The fourth-order valence-electron chi connectivity index (χ4n) is 2.86. The maximum absolute atomic E-state index is 12.8. The second-order valence-electron chi connectivity index (χ2n) is 6.53. The molecule has 0 saturated heterocycles. The zero-order valence-electron chi connectivity index (χ0n) is 17.1. The fourth-order valence-corrected chi connectivity index (χ4v) is 4.28. The predicted octanol–water partition coefficient (Wildman–Crippen LogP) is 5.27. The van der Waals surface area contributed by atoms with E-state index in [9.17, 15) is 9.59 Å². The van der Waals surface area contributed by atoms with Crippen molar-refractivity contribution in [1.29, 1.82) is 0 Å². The van der Waals surface area contributed by atoms with Crippen molar-refractivity contribution in [2.75, 3.05) is 11.9 Å². The first kappa shape index (κ1) is 21.7. The van der Waals surface area contributed by atoms with Crippen LogP contribution < -0.4 is 10.1 Å². The lowest BCUT2D eigenvalue weighted by molar-refractivity contribution is 0.0532. The number of ether oxygens (including phenoxy) is 2. The van der Waals surface area contributed by atoms with Gasteiger partial charge in [0.1, 0.15) is 17.2 Å². The van der Waals surface area contributed by atoms with E-state index in [-0.39, 0.29) is 12.5 Å². The summed E-state index contributed by atoms with van der Waals surface area (Å²) in [4.78, 5) is 34.3. The molecule has 7 nitrogen and oxygen atoms in total. The van der Waals surface area contributed by atoms with Gasteiger partial charge in [-0.05, 0) is 25.1 Å². The average Bonchev–Trinajstić information content (AvgIpc) is 3.49. The molecule has 0 bridgehead atoms. The van der Waals surface area contributed by atoms with Crippen LogP contribution in [0, 0.1) is 0 Å². The second-order valence-corrected chi connectivity index (χ2v) is 8.25. The third-order valence-electron chi connectivity index (χ3n) is 4.32. The van der Waals surface area contributed by atoms with Crippen LogP contribution in [0.5, 0.6) is 5.75 Å². The van der Waals surface area contributed by atoms with Crippen LogP contribution >= 0.6 is 22.7 Å². The van der Waals surface area contributed by atoms with Crippen LogP contribution in [-0.4, -0.2) is 28.5 Å². The quantitative estimate of drug-likeness (QED) is 0.356. The summed E-state index contributed by atoms with van der Waals surface area (Å²) in [5.41, 5.74) is 4.22. The van der Waals surface area contributed by atoms with E-state index in [1.54, 1.807) is 36.7 Å². The number of aromatic nitrogens is 2. The topological polar surface area (TPSA) is 90.4 Å². The van der Waals surface area contributed by atoms with E-state index in [2.05, 4.69) is 15.3 Å². The highest BCUT2D eigenvalue weighted by molar-refractivity contribution is 7.18. The van der Waals surface area contributed by atoms with Crippen LogP contribution in [0.1, 0.15) is 32.6 Å². The number of rotatable bonds is 8. The number of anilines is 1. The molecule has 2 aromatic carbocycles. The van der Waals surface area contributed by atoms with Crippen molar-refractivity contribution in [1.82, 2.24) is 9.97 Å². The SMILES string of the molecule is CCOC(=O)c1sc(NC(=O)c2cccc(OCc3cscn3)c2)nc1-c1ccccc1. The number of amides is 1. The molecule has 0 aliphatic carbocycles. The zero-order valence-corrected chi connectivity index (χ0v) is 18.7. The van der Waals surface area contributed by atoms with Gasteiger partial charge < -0.3 is 9.47 Å². The summed E-state index contributed by atoms with van der Waals surface area (Å²) in [7, 11) is 0. The molecule has 0 radical (unpaired) electrons. The van der Waals surface area contributed by atoms with Gasteiger partial charge in [-0.3, -0.25) is 10.1 Å². The predicted molar refractivity (Wildman–Crippen MR) is 124 cm³/mol. The minimum atomic E-state index is -0.471. The molecular weight excluding hydrogens is 446 g/mol. The third-order valence-corrected chi connectivity index (χ3v) is 5.91. The molecule has 0 atom stereocenters. The number of benzene rings is 2. The molecular formula is C23H19N3O4S2. The van der Waals surface area contributed by atoms with E-state index >= 15 is 0 Å². The summed E-state index contributed by atoms with van der Waals surface area (Å²) >= 11 is 2.58. The Morgan fingerprint density at radius 2 is 1.94 bits per heavy atom. The number of esters is 1. The van der Waals surface area contributed by atoms with Crippen molar-refractivity contribution in [3.63, 3.8) is 0 Å². The Labute approximate surface area is 192 Å². The number of hydrogen-bond acceptors (Lipinski definition) is 8. The van der Waals surface area contributed by atoms with E-state index in [0.717, 1.165) is 22.6 Å². The lowest BCUT2D eigenvalue weighted by Crippen LogP contribution is -2.11. The highest BCUT2D eigenvalue weighted by Crippen LogP contribution is 2.32. The highest BCUT2D eigenvalue weighted by Gasteiger charge is 2.22. The Balaban J connectivity index is 1.53. The number of nitrogens with zero attached hydrogens (tertiary/aromatic N) is 2. The lowest BCUT2D eigenvalue weighted by atomic mass is 10.1. The van der Waals surface area contributed by atoms with E-state index < -0.39 is 5.97 Å². The monoisotopic (exact) mass is 465 g/mol. The van der Waals surface area contributed by atoms with Crippen LogP contribution in [0.15, 0.2) is 65.5 Å². The van der Waals surface area contributed by atoms with E-state index in [4.69, 9.17) is 9.47 Å². The Morgan fingerprint density at radius 3 is 2.69 bits per heavy atom. The van der Waals surface area contributed by atoms with Crippen LogP contribution in [0.2, 0.25) is 0 Å². The summed E-state index contributed by atoms with van der Waals surface area (Å²) in [5, 5.41) is 5.00.